The number of nitrogens with one attached hydrogen (secondary N) is 1. The molecule has 1 amide bonds. The topological polar surface area (TPSA) is 97.1 Å². The van der Waals surface area contributed by atoms with Gasteiger partial charge < -0.3 is 10.4 Å². The molecule has 0 aliphatic carbocycles. The van der Waals surface area contributed by atoms with Gasteiger partial charge in [-0.2, -0.15) is 5.10 Å². The van der Waals surface area contributed by atoms with Gasteiger partial charge in [-0.3, -0.25) is 9.59 Å². The monoisotopic (exact) mass is 240 g/mol. The second kappa shape index (κ2) is 5.97. The zero-order valence-electron chi connectivity index (χ0n) is 9.88. The van der Waals surface area contributed by atoms with Crippen molar-refractivity contribution in [2.45, 2.75) is 39.3 Å². The third-order valence-electron chi connectivity index (χ3n) is 2.28. The second-order valence-corrected chi connectivity index (χ2v) is 3.62. The van der Waals surface area contributed by atoms with Crippen molar-refractivity contribution < 1.29 is 14.7 Å². The minimum absolute atomic E-state index is 0.0278. The lowest BCUT2D eigenvalue weighted by Gasteiger charge is -2.13. The molecule has 7 nitrogen and oxygen atoms in total. The van der Waals surface area contributed by atoms with Gasteiger partial charge in [0.1, 0.15) is 12.2 Å². The van der Waals surface area contributed by atoms with Gasteiger partial charge in [0.15, 0.2) is 0 Å². The maximum Gasteiger partial charge on any atom is 0.303 e. The SMILES string of the molecule is CCn1ncnc1C(C)NC(=O)CCC(=O)O. The number of aliphatic carboxylic acids is 1. The van der Waals surface area contributed by atoms with Crippen LogP contribution < -0.4 is 5.32 Å². The van der Waals surface area contributed by atoms with Gasteiger partial charge in [0.2, 0.25) is 5.91 Å². The molecule has 0 aromatic carbocycles. The molecule has 0 saturated carbocycles. The number of carboxylic acid groups (broad SMARTS) is 1. The molecule has 7 heteroatoms. The summed E-state index contributed by atoms with van der Waals surface area (Å²) < 4.78 is 1.68. The average molecular weight is 240 g/mol. The number of aromatic nitrogens is 3. The summed E-state index contributed by atoms with van der Waals surface area (Å²) >= 11 is 0. The number of rotatable bonds is 6. The summed E-state index contributed by atoms with van der Waals surface area (Å²) in [4.78, 5) is 25.8. The molecule has 0 spiro atoms. The van der Waals surface area contributed by atoms with Crippen molar-refractivity contribution in [1.29, 1.82) is 0 Å². The van der Waals surface area contributed by atoms with Crippen molar-refractivity contribution >= 4 is 11.9 Å². The van der Waals surface area contributed by atoms with Gasteiger partial charge in [-0.15, -0.1) is 0 Å². The van der Waals surface area contributed by atoms with Gasteiger partial charge in [-0.1, -0.05) is 0 Å². The van der Waals surface area contributed by atoms with E-state index in [1.165, 1.54) is 6.33 Å². The molecule has 0 fully saturated rings. The average Bonchev–Trinajstić information content (AvgIpc) is 2.74. The Morgan fingerprint density at radius 2 is 2.24 bits per heavy atom. The van der Waals surface area contributed by atoms with Crippen LogP contribution in [0.25, 0.3) is 0 Å². The highest BCUT2D eigenvalue weighted by Gasteiger charge is 2.15. The van der Waals surface area contributed by atoms with Crippen LogP contribution in [0, 0.1) is 0 Å². The Morgan fingerprint density at radius 3 is 2.82 bits per heavy atom. The fourth-order valence-corrected chi connectivity index (χ4v) is 1.45. The quantitative estimate of drug-likeness (QED) is 0.747. The zero-order chi connectivity index (χ0) is 12.8. The highest BCUT2D eigenvalue weighted by Crippen LogP contribution is 2.08. The van der Waals surface area contributed by atoms with Crippen LogP contribution >= 0.6 is 0 Å². The summed E-state index contributed by atoms with van der Waals surface area (Å²) in [5, 5.41) is 15.1. The molecule has 1 aromatic rings. The van der Waals surface area contributed by atoms with Crippen molar-refractivity contribution in [3.63, 3.8) is 0 Å². The number of hydrogen-bond acceptors (Lipinski definition) is 4. The van der Waals surface area contributed by atoms with E-state index in [2.05, 4.69) is 15.4 Å². The lowest BCUT2D eigenvalue weighted by atomic mass is 10.2. The first-order valence-electron chi connectivity index (χ1n) is 5.43. The molecule has 94 valence electrons. The molecule has 1 rings (SSSR count). The summed E-state index contributed by atoms with van der Waals surface area (Å²) in [6.07, 6.45) is 1.23. The Bertz CT molecular complexity index is 402. The molecule has 0 radical (unpaired) electrons. The summed E-state index contributed by atoms with van der Waals surface area (Å²) in [7, 11) is 0. The third-order valence-corrected chi connectivity index (χ3v) is 2.28. The number of carbonyl (C=O) groups excluding carboxylic acids is 1. The summed E-state index contributed by atoms with van der Waals surface area (Å²) in [5.74, 6) is -0.619. The predicted molar refractivity (Wildman–Crippen MR) is 59.1 cm³/mol. The van der Waals surface area contributed by atoms with Crippen molar-refractivity contribution in [2.75, 3.05) is 0 Å². The molecule has 1 atom stereocenters. The minimum Gasteiger partial charge on any atom is -0.481 e. The normalized spacial score (nSPS) is 12.1. The standard InChI is InChI=1S/C10H16N4O3/c1-3-14-10(11-6-12-14)7(2)13-8(15)4-5-9(16)17/h6-7H,3-5H2,1-2H3,(H,13,15)(H,16,17). The molecule has 17 heavy (non-hydrogen) atoms. The van der Waals surface area contributed by atoms with Crippen LogP contribution in [0.15, 0.2) is 6.33 Å². The van der Waals surface area contributed by atoms with E-state index in [0.29, 0.717) is 12.4 Å². The first-order chi connectivity index (χ1) is 8.04. The Hall–Kier alpha value is -1.92. The first kappa shape index (κ1) is 13.1. The molecule has 2 N–H and O–H groups in total. The van der Waals surface area contributed by atoms with E-state index in [4.69, 9.17) is 5.11 Å². The number of hydrogen-bond donors (Lipinski definition) is 2. The molecular weight excluding hydrogens is 224 g/mol. The molecule has 0 aliphatic heterocycles. The smallest absolute Gasteiger partial charge is 0.303 e. The van der Waals surface area contributed by atoms with E-state index in [1.54, 1.807) is 11.6 Å². The largest absolute Gasteiger partial charge is 0.481 e. The molecule has 1 aromatic heterocycles. The van der Waals surface area contributed by atoms with Crippen molar-refractivity contribution in [3.05, 3.63) is 12.2 Å². The number of amides is 1. The van der Waals surface area contributed by atoms with E-state index < -0.39 is 5.97 Å². The Labute approximate surface area is 98.8 Å². The van der Waals surface area contributed by atoms with Crippen LogP contribution in [0.4, 0.5) is 0 Å². The molecule has 1 heterocycles. The van der Waals surface area contributed by atoms with Gasteiger partial charge in [0.25, 0.3) is 0 Å². The first-order valence-corrected chi connectivity index (χ1v) is 5.43. The van der Waals surface area contributed by atoms with Gasteiger partial charge in [-0.25, -0.2) is 9.67 Å². The van der Waals surface area contributed by atoms with E-state index in [1.807, 2.05) is 6.92 Å². The minimum atomic E-state index is -0.982. The van der Waals surface area contributed by atoms with E-state index in [-0.39, 0.29) is 24.8 Å². The number of carbonyl (C=O) groups is 2. The molecule has 0 aliphatic rings. The highest BCUT2D eigenvalue weighted by molar-refractivity contribution is 5.80. The van der Waals surface area contributed by atoms with E-state index >= 15 is 0 Å². The predicted octanol–water partition coefficient (Wildman–Crippen LogP) is 0.340. The second-order valence-electron chi connectivity index (χ2n) is 3.62. The Morgan fingerprint density at radius 1 is 1.53 bits per heavy atom. The summed E-state index contributed by atoms with van der Waals surface area (Å²) in [6, 6.07) is -0.279. The van der Waals surface area contributed by atoms with Crippen molar-refractivity contribution in [1.82, 2.24) is 20.1 Å². The number of carboxylic acids is 1. The van der Waals surface area contributed by atoms with Crippen LogP contribution in [0.2, 0.25) is 0 Å². The number of aryl methyl sites for hydroxylation is 1. The van der Waals surface area contributed by atoms with Gasteiger partial charge in [0, 0.05) is 13.0 Å². The maximum atomic E-state index is 11.4. The van der Waals surface area contributed by atoms with Gasteiger partial charge in [-0.05, 0) is 13.8 Å². The molecule has 0 bridgehead atoms. The van der Waals surface area contributed by atoms with Gasteiger partial charge >= 0.3 is 5.97 Å². The van der Waals surface area contributed by atoms with Gasteiger partial charge in [0.05, 0.1) is 12.5 Å². The molecule has 0 saturated heterocycles. The lowest BCUT2D eigenvalue weighted by Crippen LogP contribution is -2.29. The van der Waals surface area contributed by atoms with Crippen molar-refractivity contribution in [3.8, 4) is 0 Å². The van der Waals surface area contributed by atoms with Crippen LogP contribution in [0.1, 0.15) is 38.6 Å². The maximum absolute atomic E-state index is 11.4. The summed E-state index contributed by atoms with van der Waals surface area (Å²) in [6.45, 7) is 4.39. The molecular formula is C10H16N4O3. The van der Waals surface area contributed by atoms with Crippen LogP contribution in [-0.2, 0) is 16.1 Å². The zero-order valence-corrected chi connectivity index (χ0v) is 9.88. The number of nitrogens with zero attached hydrogens (tertiary/aromatic N) is 3. The Balaban J connectivity index is 2.51. The lowest BCUT2D eigenvalue weighted by molar-refractivity contribution is -0.138. The van der Waals surface area contributed by atoms with Crippen LogP contribution in [0.3, 0.4) is 0 Å². The molecule has 1 unspecified atom stereocenters. The third kappa shape index (κ3) is 3.86. The van der Waals surface area contributed by atoms with Crippen LogP contribution in [-0.4, -0.2) is 31.7 Å². The van der Waals surface area contributed by atoms with E-state index in [9.17, 15) is 9.59 Å². The fourth-order valence-electron chi connectivity index (χ4n) is 1.45. The van der Waals surface area contributed by atoms with E-state index in [0.717, 1.165) is 0 Å². The highest BCUT2D eigenvalue weighted by atomic mass is 16.4. The summed E-state index contributed by atoms with van der Waals surface area (Å²) in [5.41, 5.74) is 0. The van der Waals surface area contributed by atoms with Crippen LogP contribution in [0.5, 0.6) is 0 Å². The van der Waals surface area contributed by atoms with Crippen molar-refractivity contribution in [2.24, 2.45) is 0 Å². The Kier molecular flexibility index (Phi) is 4.62. The fraction of sp³-hybridized carbons (Fsp3) is 0.600.